The number of primary amides is 1. The van der Waals surface area contributed by atoms with Crippen LogP contribution in [0.1, 0.15) is 12.0 Å². The molecule has 1 aromatic rings. The minimum atomic E-state index is -0.880. The van der Waals surface area contributed by atoms with Gasteiger partial charge in [-0.25, -0.2) is 0 Å². The Bertz CT molecular complexity index is 613. The molecule has 8 heteroatoms. The molecular weight excluding hydrogens is 310 g/mol. The minimum Gasteiger partial charge on any atom is -0.399 e. The molecule has 8 N–H and O–H groups in total. The molecule has 0 aliphatic rings. The lowest BCUT2D eigenvalue weighted by Gasteiger charge is -2.19. The number of carbonyl (C=O) groups excluding carboxylic acids is 3. The number of rotatable bonds is 9. The molecule has 1 aromatic carbocycles. The molecule has 0 saturated heterocycles. The molecule has 1 atom stereocenters. The average Bonchev–Trinajstić information content (AvgIpc) is 2.54. The molecule has 0 unspecified atom stereocenters. The molecule has 0 aromatic heterocycles. The maximum Gasteiger partial charge on any atom is 0.247 e. The molecule has 1 rings (SSSR count). The van der Waals surface area contributed by atoms with Crippen molar-refractivity contribution >= 4 is 23.4 Å². The van der Waals surface area contributed by atoms with Crippen molar-refractivity contribution in [1.29, 1.82) is 0 Å². The molecule has 24 heavy (non-hydrogen) atoms. The van der Waals surface area contributed by atoms with Crippen LogP contribution in [0.5, 0.6) is 0 Å². The van der Waals surface area contributed by atoms with E-state index in [0.29, 0.717) is 12.1 Å². The Morgan fingerprint density at radius 2 is 1.79 bits per heavy atom. The van der Waals surface area contributed by atoms with Gasteiger partial charge >= 0.3 is 0 Å². The second kappa shape index (κ2) is 9.31. The van der Waals surface area contributed by atoms with Crippen molar-refractivity contribution in [3.8, 4) is 0 Å². The van der Waals surface area contributed by atoms with Crippen molar-refractivity contribution in [3.05, 3.63) is 42.0 Å². The van der Waals surface area contributed by atoms with Gasteiger partial charge in [0.15, 0.2) is 0 Å². The second-order valence-electron chi connectivity index (χ2n) is 5.30. The largest absolute Gasteiger partial charge is 0.399 e. The third-order valence-corrected chi connectivity index (χ3v) is 3.25. The number of amides is 3. The van der Waals surface area contributed by atoms with Crippen LogP contribution in [-0.2, 0) is 20.8 Å². The third kappa shape index (κ3) is 6.49. The molecule has 0 aliphatic heterocycles. The van der Waals surface area contributed by atoms with Crippen molar-refractivity contribution < 1.29 is 14.4 Å². The van der Waals surface area contributed by atoms with Gasteiger partial charge in [0.05, 0.1) is 6.54 Å². The van der Waals surface area contributed by atoms with Gasteiger partial charge in [-0.2, -0.15) is 0 Å². The zero-order valence-corrected chi connectivity index (χ0v) is 13.4. The Kier molecular flexibility index (Phi) is 7.44. The summed E-state index contributed by atoms with van der Waals surface area (Å²) in [6.45, 7) is 3.61. The van der Waals surface area contributed by atoms with Crippen molar-refractivity contribution in [2.75, 3.05) is 18.8 Å². The van der Waals surface area contributed by atoms with E-state index in [1.807, 2.05) is 0 Å². The van der Waals surface area contributed by atoms with Gasteiger partial charge in [0.25, 0.3) is 0 Å². The van der Waals surface area contributed by atoms with E-state index in [2.05, 4.69) is 17.2 Å². The number of nitrogens with two attached hydrogens (primary N) is 3. The van der Waals surface area contributed by atoms with Crippen LogP contribution in [-0.4, -0.2) is 36.9 Å². The van der Waals surface area contributed by atoms with Gasteiger partial charge < -0.3 is 27.8 Å². The molecule has 0 bridgehead atoms. The smallest absolute Gasteiger partial charge is 0.247 e. The Morgan fingerprint density at radius 3 is 2.33 bits per heavy atom. The fourth-order valence-corrected chi connectivity index (χ4v) is 1.94. The van der Waals surface area contributed by atoms with Gasteiger partial charge in [-0.3, -0.25) is 14.4 Å². The summed E-state index contributed by atoms with van der Waals surface area (Å²) in [5.41, 5.74) is 17.7. The molecule has 0 saturated carbocycles. The van der Waals surface area contributed by atoms with E-state index < -0.39 is 23.8 Å². The number of nitrogens with one attached hydrogen (secondary N) is 2. The Hall–Kier alpha value is -2.87. The van der Waals surface area contributed by atoms with Gasteiger partial charge in [0, 0.05) is 17.7 Å². The summed E-state index contributed by atoms with van der Waals surface area (Å²) >= 11 is 0. The highest BCUT2D eigenvalue weighted by Gasteiger charge is 2.22. The normalized spacial score (nSPS) is 11.4. The summed E-state index contributed by atoms with van der Waals surface area (Å²) in [5.74, 6) is -1.65. The maximum atomic E-state index is 12.2. The van der Waals surface area contributed by atoms with E-state index in [1.54, 1.807) is 24.3 Å². The van der Waals surface area contributed by atoms with Crippen LogP contribution in [0, 0.1) is 0 Å². The first-order valence-corrected chi connectivity index (χ1v) is 7.42. The van der Waals surface area contributed by atoms with Gasteiger partial charge in [0.2, 0.25) is 17.7 Å². The summed E-state index contributed by atoms with van der Waals surface area (Å²) in [7, 11) is 0. The van der Waals surface area contributed by atoms with Crippen LogP contribution >= 0.6 is 0 Å². The summed E-state index contributed by atoms with van der Waals surface area (Å²) in [4.78, 5) is 35.1. The highest BCUT2D eigenvalue weighted by molar-refractivity contribution is 5.97. The second-order valence-corrected chi connectivity index (χ2v) is 5.30. The van der Waals surface area contributed by atoms with E-state index in [0.717, 1.165) is 5.56 Å². The topological polar surface area (TPSA) is 153 Å². The summed E-state index contributed by atoms with van der Waals surface area (Å²) in [6.07, 6.45) is 0.551. The van der Waals surface area contributed by atoms with Crippen LogP contribution in [0.25, 0.3) is 0 Å². The third-order valence-electron chi connectivity index (χ3n) is 3.25. The average molecular weight is 333 g/mol. The maximum absolute atomic E-state index is 12.2. The number of anilines is 1. The fraction of sp³-hybridized carbons (Fsp3) is 0.312. The van der Waals surface area contributed by atoms with E-state index in [9.17, 15) is 14.4 Å². The number of hydrogen-bond donors (Lipinski definition) is 5. The van der Waals surface area contributed by atoms with E-state index in [4.69, 9.17) is 17.2 Å². The van der Waals surface area contributed by atoms with Crippen LogP contribution < -0.4 is 27.8 Å². The van der Waals surface area contributed by atoms with Gasteiger partial charge in [-0.05, 0) is 30.7 Å². The first kappa shape index (κ1) is 19.2. The predicted octanol–water partition coefficient (Wildman–Crippen LogP) is -1.20. The molecular formula is C16H23N5O3. The first-order valence-electron chi connectivity index (χ1n) is 7.42. The van der Waals surface area contributed by atoms with Crippen molar-refractivity contribution in [2.45, 2.75) is 18.9 Å². The lowest BCUT2D eigenvalue weighted by Crippen LogP contribution is -2.50. The molecule has 0 heterocycles. The molecule has 8 nitrogen and oxygen atoms in total. The lowest BCUT2D eigenvalue weighted by molar-refractivity contribution is -0.128. The monoisotopic (exact) mass is 333 g/mol. The Labute approximate surface area is 140 Å². The predicted molar refractivity (Wildman–Crippen MR) is 91.5 cm³/mol. The summed E-state index contributed by atoms with van der Waals surface area (Å²) in [6, 6.07) is 6.02. The van der Waals surface area contributed by atoms with E-state index in [-0.39, 0.29) is 25.1 Å². The van der Waals surface area contributed by atoms with E-state index >= 15 is 0 Å². The fourth-order valence-electron chi connectivity index (χ4n) is 1.94. The number of nitrogen functional groups attached to an aromatic ring is 1. The number of carbonyl (C=O) groups is 3. The van der Waals surface area contributed by atoms with Crippen LogP contribution in [0.15, 0.2) is 36.4 Å². The standard InChI is InChI=1S/C16H23N5O3/c1-10(6-7-17)15(23)21-13(16(24)20-9-14(19)22)8-11-2-4-12(18)5-3-11/h2-5,13H,1,6-9,17-18H2,(H2,19,22)(H,20,24)(H,21,23)/t13-/m0/s1. The highest BCUT2D eigenvalue weighted by atomic mass is 16.2. The zero-order valence-electron chi connectivity index (χ0n) is 13.4. The number of hydrogen-bond acceptors (Lipinski definition) is 5. The molecule has 0 radical (unpaired) electrons. The Morgan fingerprint density at radius 1 is 1.17 bits per heavy atom. The van der Waals surface area contributed by atoms with Gasteiger partial charge in [-0.1, -0.05) is 18.7 Å². The SMILES string of the molecule is C=C(CCN)C(=O)N[C@@H](Cc1ccc(N)cc1)C(=O)NCC(N)=O. The Balaban J connectivity index is 2.83. The molecule has 130 valence electrons. The van der Waals surface area contributed by atoms with Crippen LogP contribution in [0.4, 0.5) is 5.69 Å². The van der Waals surface area contributed by atoms with Crippen molar-refractivity contribution in [2.24, 2.45) is 11.5 Å². The number of benzene rings is 1. The van der Waals surface area contributed by atoms with Gasteiger partial charge in [0.1, 0.15) is 6.04 Å². The summed E-state index contributed by atoms with van der Waals surface area (Å²) < 4.78 is 0. The molecule has 0 spiro atoms. The van der Waals surface area contributed by atoms with Crippen LogP contribution in [0.3, 0.4) is 0 Å². The van der Waals surface area contributed by atoms with Crippen molar-refractivity contribution in [1.82, 2.24) is 10.6 Å². The first-order chi connectivity index (χ1) is 11.3. The minimum absolute atomic E-state index is 0.229. The molecule has 0 fully saturated rings. The lowest BCUT2D eigenvalue weighted by atomic mass is 10.0. The molecule has 3 amide bonds. The van der Waals surface area contributed by atoms with Gasteiger partial charge in [-0.15, -0.1) is 0 Å². The summed E-state index contributed by atoms with van der Waals surface area (Å²) in [5, 5.41) is 4.98. The zero-order chi connectivity index (χ0) is 18.1. The van der Waals surface area contributed by atoms with Crippen LogP contribution in [0.2, 0.25) is 0 Å². The quantitative estimate of drug-likeness (QED) is 0.284. The molecule has 0 aliphatic carbocycles. The highest BCUT2D eigenvalue weighted by Crippen LogP contribution is 2.09. The van der Waals surface area contributed by atoms with Crippen molar-refractivity contribution in [3.63, 3.8) is 0 Å². The van der Waals surface area contributed by atoms with E-state index in [1.165, 1.54) is 0 Å².